The van der Waals surface area contributed by atoms with Crippen LogP contribution >= 0.6 is 35.6 Å². The lowest BCUT2D eigenvalue weighted by Crippen LogP contribution is -2.52. The van der Waals surface area contributed by atoms with Crippen molar-refractivity contribution in [1.82, 2.24) is 15.5 Å². The number of ether oxygens (including phenoxy) is 1. The number of hydrogen-bond acceptors (Lipinski definition) is 3. The third-order valence-electron chi connectivity index (χ3n) is 4.07. The van der Waals surface area contributed by atoms with Gasteiger partial charge < -0.3 is 15.4 Å². The third-order valence-corrected chi connectivity index (χ3v) is 4.33. The highest BCUT2D eigenvalue weighted by Gasteiger charge is 2.32. The largest absolute Gasteiger partial charge is 0.373 e. The predicted molar refractivity (Wildman–Crippen MR) is 112 cm³/mol. The van der Waals surface area contributed by atoms with E-state index in [4.69, 9.17) is 16.3 Å². The van der Waals surface area contributed by atoms with E-state index in [1.165, 1.54) is 5.56 Å². The van der Waals surface area contributed by atoms with Gasteiger partial charge in [-0.1, -0.05) is 23.7 Å². The van der Waals surface area contributed by atoms with Gasteiger partial charge in [0.15, 0.2) is 5.96 Å². The fourth-order valence-corrected chi connectivity index (χ4v) is 3.06. The Bertz CT molecular complexity index is 536. The summed E-state index contributed by atoms with van der Waals surface area (Å²) in [5.74, 6) is 0.788. The van der Waals surface area contributed by atoms with E-state index in [0.29, 0.717) is 0 Å². The van der Waals surface area contributed by atoms with Gasteiger partial charge in [0.1, 0.15) is 0 Å². The molecule has 0 amide bonds. The number of nitrogens with one attached hydrogen (secondary N) is 2. The van der Waals surface area contributed by atoms with Crippen LogP contribution in [0.15, 0.2) is 29.3 Å². The van der Waals surface area contributed by atoms with Crippen molar-refractivity contribution in [2.45, 2.75) is 25.5 Å². The molecule has 0 aromatic heterocycles. The zero-order valence-electron chi connectivity index (χ0n) is 14.8. The van der Waals surface area contributed by atoms with E-state index in [-0.39, 0.29) is 35.6 Å². The second-order valence-corrected chi connectivity index (χ2v) is 6.79. The van der Waals surface area contributed by atoms with E-state index in [0.717, 1.165) is 37.2 Å². The molecule has 1 aromatic carbocycles. The second kappa shape index (κ2) is 9.79. The smallest absolute Gasteiger partial charge is 0.190 e. The van der Waals surface area contributed by atoms with Crippen molar-refractivity contribution in [1.29, 1.82) is 0 Å². The van der Waals surface area contributed by atoms with Crippen LogP contribution in [0.3, 0.4) is 0 Å². The number of guanidine groups is 1. The summed E-state index contributed by atoms with van der Waals surface area (Å²) in [6, 6.07) is 8.32. The first-order chi connectivity index (χ1) is 10.9. The second-order valence-electron chi connectivity index (χ2n) is 6.35. The van der Waals surface area contributed by atoms with Crippen LogP contribution in [-0.2, 0) is 4.74 Å². The molecule has 2 N–H and O–H groups in total. The summed E-state index contributed by atoms with van der Waals surface area (Å²) in [5, 5.41) is 7.20. The minimum atomic E-state index is -0.131. The standard InChI is InChI=1S/C17H27ClN4O.HI/c1-17(2)12-22(9-10-23-17)15(11-21-16(19-3)20-4)13-5-7-14(18)8-6-13;/h5-8,15H,9-12H2,1-4H3,(H2,19,20,21);1H. The molecule has 1 heterocycles. The lowest BCUT2D eigenvalue weighted by atomic mass is 10.0. The molecular formula is C17H28ClIN4O. The topological polar surface area (TPSA) is 48.9 Å². The summed E-state index contributed by atoms with van der Waals surface area (Å²) >= 11 is 6.04. The van der Waals surface area contributed by atoms with Crippen molar-refractivity contribution in [3.05, 3.63) is 34.9 Å². The van der Waals surface area contributed by atoms with Gasteiger partial charge in [-0.25, -0.2) is 0 Å². The third kappa shape index (κ3) is 6.06. The SMILES string of the molecule is CN=C(NC)NCC(c1ccc(Cl)cc1)N1CCOC(C)(C)C1.I. The zero-order valence-corrected chi connectivity index (χ0v) is 17.9. The minimum absolute atomic E-state index is 0. The van der Waals surface area contributed by atoms with Gasteiger partial charge in [-0.2, -0.15) is 0 Å². The number of nitrogens with zero attached hydrogens (tertiary/aromatic N) is 2. The average molecular weight is 467 g/mol. The Labute approximate surface area is 167 Å². The maximum Gasteiger partial charge on any atom is 0.190 e. The fraction of sp³-hybridized carbons (Fsp3) is 0.588. The highest BCUT2D eigenvalue weighted by molar-refractivity contribution is 14.0. The number of aliphatic imine (C=N–C) groups is 1. The van der Waals surface area contributed by atoms with Gasteiger partial charge in [-0.3, -0.25) is 9.89 Å². The van der Waals surface area contributed by atoms with Gasteiger partial charge in [-0.15, -0.1) is 24.0 Å². The van der Waals surface area contributed by atoms with Crippen LogP contribution in [0.1, 0.15) is 25.5 Å². The van der Waals surface area contributed by atoms with Crippen molar-refractivity contribution < 1.29 is 4.74 Å². The van der Waals surface area contributed by atoms with E-state index in [2.05, 4.69) is 46.5 Å². The van der Waals surface area contributed by atoms with Crippen molar-refractivity contribution in [3.63, 3.8) is 0 Å². The molecule has 0 spiro atoms. The quantitative estimate of drug-likeness (QED) is 0.407. The summed E-state index contributed by atoms with van der Waals surface area (Å²) in [6.45, 7) is 7.59. The molecule has 1 aromatic rings. The van der Waals surface area contributed by atoms with Crippen molar-refractivity contribution in [3.8, 4) is 0 Å². The molecule has 0 radical (unpaired) electrons. The molecule has 0 aliphatic carbocycles. The molecule has 7 heteroatoms. The van der Waals surface area contributed by atoms with Gasteiger partial charge in [0.25, 0.3) is 0 Å². The number of hydrogen-bond donors (Lipinski definition) is 2. The summed E-state index contributed by atoms with van der Waals surface area (Å²) in [7, 11) is 3.64. The van der Waals surface area contributed by atoms with E-state index in [9.17, 15) is 0 Å². The Hall–Kier alpha value is -0.570. The van der Waals surface area contributed by atoms with E-state index in [1.54, 1.807) is 7.05 Å². The van der Waals surface area contributed by atoms with Crippen molar-refractivity contribution >= 4 is 41.5 Å². The first-order valence-corrected chi connectivity index (χ1v) is 8.35. The lowest BCUT2D eigenvalue weighted by Gasteiger charge is -2.42. The first-order valence-electron chi connectivity index (χ1n) is 7.97. The van der Waals surface area contributed by atoms with Gasteiger partial charge in [0.2, 0.25) is 0 Å². The number of morpholine rings is 1. The molecule has 1 atom stereocenters. The van der Waals surface area contributed by atoms with E-state index < -0.39 is 0 Å². The molecule has 24 heavy (non-hydrogen) atoms. The summed E-state index contributed by atoms with van der Waals surface area (Å²) < 4.78 is 5.85. The molecule has 0 saturated carbocycles. The van der Waals surface area contributed by atoms with Crippen LogP contribution < -0.4 is 10.6 Å². The van der Waals surface area contributed by atoms with Gasteiger partial charge in [0.05, 0.1) is 18.2 Å². The number of benzene rings is 1. The number of halogens is 2. The molecule has 5 nitrogen and oxygen atoms in total. The van der Waals surface area contributed by atoms with Crippen molar-refractivity contribution in [2.75, 3.05) is 40.3 Å². The van der Waals surface area contributed by atoms with Gasteiger partial charge in [0, 0.05) is 38.8 Å². The highest BCUT2D eigenvalue weighted by atomic mass is 127. The minimum Gasteiger partial charge on any atom is -0.373 e. The molecule has 1 aliphatic heterocycles. The van der Waals surface area contributed by atoms with Crippen LogP contribution in [0.5, 0.6) is 0 Å². The van der Waals surface area contributed by atoms with Crippen molar-refractivity contribution in [2.24, 2.45) is 4.99 Å². The Kier molecular flexibility index (Phi) is 8.76. The van der Waals surface area contributed by atoms with Crippen LogP contribution in [-0.4, -0.2) is 56.8 Å². The van der Waals surface area contributed by atoms with E-state index in [1.807, 2.05) is 19.2 Å². The first kappa shape index (κ1) is 21.5. The van der Waals surface area contributed by atoms with Crippen LogP contribution in [0.4, 0.5) is 0 Å². The van der Waals surface area contributed by atoms with Gasteiger partial charge in [-0.05, 0) is 31.5 Å². The highest BCUT2D eigenvalue weighted by Crippen LogP contribution is 2.27. The predicted octanol–water partition coefficient (Wildman–Crippen LogP) is 2.90. The summed E-state index contributed by atoms with van der Waals surface area (Å²) in [4.78, 5) is 6.65. The Balaban J connectivity index is 0.00000288. The Morgan fingerprint density at radius 2 is 2.04 bits per heavy atom. The monoisotopic (exact) mass is 466 g/mol. The Morgan fingerprint density at radius 3 is 2.58 bits per heavy atom. The van der Waals surface area contributed by atoms with Crippen LogP contribution in [0, 0.1) is 0 Å². The van der Waals surface area contributed by atoms with Crippen LogP contribution in [0.2, 0.25) is 5.02 Å². The molecule has 136 valence electrons. The average Bonchev–Trinajstić information content (AvgIpc) is 2.52. The molecule has 0 bridgehead atoms. The molecule has 2 rings (SSSR count). The summed E-state index contributed by atoms with van der Waals surface area (Å²) in [5.41, 5.74) is 1.11. The Morgan fingerprint density at radius 1 is 1.38 bits per heavy atom. The van der Waals surface area contributed by atoms with E-state index >= 15 is 0 Å². The lowest BCUT2D eigenvalue weighted by molar-refractivity contribution is -0.0971. The maximum atomic E-state index is 6.04. The molecule has 1 fully saturated rings. The zero-order chi connectivity index (χ0) is 16.9. The molecule has 1 aliphatic rings. The normalized spacial score (nSPS) is 19.3. The van der Waals surface area contributed by atoms with Gasteiger partial charge >= 0.3 is 0 Å². The maximum absolute atomic E-state index is 6.04. The summed E-state index contributed by atoms with van der Waals surface area (Å²) in [6.07, 6.45) is 0. The molecular weight excluding hydrogens is 439 g/mol. The fourth-order valence-electron chi connectivity index (χ4n) is 2.93. The number of rotatable bonds is 4. The molecule has 1 saturated heterocycles. The van der Waals surface area contributed by atoms with Crippen LogP contribution in [0.25, 0.3) is 0 Å². The molecule has 1 unspecified atom stereocenters.